The summed E-state index contributed by atoms with van der Waals surface area (Å²) in [7, 11) is 1.92. The van der Waals surface area contributed by atoms with Crippen LogP contribution < -0.4 is 5.32 Å². The summed E-state index contributed by atoms with van der Waals surface area (Å²) in [6.45, 7) is 3.86. The maximum Gasteiger partial charge on any atom is 0.154 e. The molecule has 0 saturated heterocycles. The number of hydrogen-bond donors (Lipinski definition) is 1. The Labute approximate surface area is 88.9 Å². The largest absolute Gasteiger partial charge is 0.463 e. The Hall–Kier alpha value is -1.55. The molecule has 2 heterocycles. The first-order valence-corrected chi connectivity index (χ1v) is 5.08. The summed E-state index contributed by atoms with van der Waals surface area (Å²) in [4.78, 5) is 0. The van der Waals surface area contributed by atoms with Crippen LogP contribution in [0.1, 0.15) is 12.5 Å². The smallest absolute Gasteiger partial charge is 0.154 e. The zero-order valence-electron chi connectivity index (χ0n) is 9.03. The maximum atomic E-state index is 5.35. The number of rotatable bonds is 4. The summed E-state index contributed by atoms with van der Waals surface area (Å²) in [5.74, 6) is 0.823. The summed E-state index contributed by atoms with van der Waals surface area (Å²) in [5, 5.41) is 7.67. The predicted octanol–water partition coefficient (Wildman–Crippen LogP) is 1.79. The van der Waals surface area contributed by atoms with E-state index in [4.69, 9.17) is 4.42 Å². The van der Waals surface area contributed by atoms with E-state index >= 15 is 0 Å². The van der Waals surface area contributed by atoms with Gasteiger partial charge in [-0.2, -0.15) is 5.10 Å². The Kier molecular flexibility index (Phi) is 2.87. The molecule has 0 bridgehead atoms. The third-order valence-electron chi connectivity index (χ3n) is 2.22. The highest BCUT2D eigenvalue weighted by atomic mass is 16.3. The molecule has 4 heteroatoms. The Balaban J connectivity index is 2.29. The SMILES string of the molecule is CCNCc1cn(C)nc1-c1ccco1. The van der Waals surface area contributed by atoms with Gasteiger partial charge < -0.3 is 9.73 Å². The van der Waals surface area contributed by atoms with Gasteiger partial charge in [-0.3, -0.25) is 4.68 Å². The van der Waals surface area contributed by atoms with Crippen molar-refractivity contribution in [2.24, 2.45) is 7.05 Å². The summed E-state index contributed by atoms with van der Waals surface area (Å²) >= 11 is 0. The van der Waals surface area contributed by atoms with Crippen LogP contribution in [0.25, 0.3) is 11.5 Å². The molecule has 0 saturated carbocycles. The van der Waals surface area contributed by atoms with Crippen molar-refractivity contribution in [3.63, 3.8) is 0 Å². The minimum Gasteiger partial charge on any atom is -0.463 e. The van der Waals surface area contributed by atoms with Gasteiger partial charge in [-0.05, 0) is 18.7 Å². The van der Waals surface area contributed by atoms with E-state index in [1.54, 1.807) is 6.26 Å². The minimum atomic E-state index is 0.820. The van der Waals surface area contributed by atoms with Crippen molar-refractivity contribution >= 4 is 0 Å². The fraction of sp³-hybridized carbons (Fsp3) is 0.364. The zero-order chi connectivity index (χ0) is 10.7. The van der Waals surface area contributed by atoms with Crippen LogP contribution >= 0.6 is 0 Å². The van der Waals surface area contributed by atoms with E-state index in [2.05, 4.69) is 17.3 Å². The first kappa shape index (κ1) is 9.98. The van der Waals surface area contributed by atoms with Crippen LogP contribution in [-0.2, 0) is 13.6 Å². The number of hydrogen-bond acceptors (Lipinski definition) is 3. The number of aryl methyl sites for hydroxylation is 1. The molecular formula is C11H15N3O. The van der Waals surface area contributed by atoms with E-state index in [0.717, 1.165) is 30.1 Å². The third kappa shape index (κ3) is 2.10. The Morgan fingerprint density at radius 2 is 2.40 bits per heavy atom. The zero-order valence-corrected chi connectivity index (χ0v) is 9.03. The first-order valence-electron chi connectivity index (χ1n) is 5.08. The van der Waals surface area contributed by atoms with E-state index in [1.165, 1.54) is 0 Å². The maximum absolute atomic E-state index is 5.35. The summed E-state index contributed by atoms with van der Waals surface area (Å²) in [6.07, 6.45) is 3.68. The van der Waals surface area contributed by atoms with Gasteiger partial charge in [0.05, 0.1) is 6.26 Å². The molecule has 0 aromatic carbocycles. The Morgan fingerprint density at radius 1 is 1.53 bits per heavy atom. The van der Waals surface area contributed by atoms with E-state index in [-0.39, 0.29) is 0 Å². The van der Waals surface area contributed by atoms with Crippen LogP contribution in [0.2, 0.25) is 0 Å². The van der Waals surface area contributed by atoms with E-state index in [9.17, 15) is 0 Å². The molecule has 0 atom stereocenters. The molecule has 15 heavy (non-hydrogen) atoms. The molecule has 0 amide bonds. The summed E-state index contributed by atoms with van der Waals surface area (Å²) in [5.41, 5.74) is 2.08. The second kappa shape index (κ2) is 4.31. The van der Waals surface area contributed by atoms with Gasteiger partial charge in [0.25, 0.3) is 0 Å². The molecule has 2 aromatic rings. The van der Waals surface area contributed by atoms with Gasteiger partial charge in [0.1, 0.15) is 5.69 Å². The molecule has 0 fully saturated rings. The second-order valence-corrected chi connectivity index (χ2v) is 3.43. The van der Waals surface area contributed by atoms with Gasteiger partial charge in [-0.1, -0.05) is 6.92 Å². The molecule has 4 nitrogen and oxygen atoms in total. The van der Waals surface area contributed by atoms with E-state index in [0.29, 0.717) is 0 Å². The van der Waals surface area contributed by atoms with Crippen LogP contribution in [-0.4, -0.2) is 16.3 Å². The number of furan rings is 1. The number of aromatic nitrogens is 2. The lowest BCUT2D eigenvalue weighted by Crippen LogP contribution is -2.11. The highest BCUT2D eigenvalue weighted by Gasteiger charge is 2.11. The topological polar surface area (TPSA) is 43.0 Å². The van der Waals surface area contributed by atoms with Crippen LogP contribution in [0.5, 0.6) is 0 Å². The minimum absolute atomic E-state index is 0.820. The Bertz CT molecular complexity index is 417. The van der Waals surface area contributed by atoms with Crippen LogP contribution in [0.4, 0.5) is 0 Å². The molecule has 2 rings (SSSR count). The monoisotopic (exact) mass is 205 g/mol. The lowest BCUT2D eigenvalue weighted by Gasteiger charge is -1.99. The summed E-state index contributed by atoms with van der Waals surface area (Å²) in [6, 6.07) is 3.80. The fourth-order valence-corrected chi connectivity index (χ4v) is 1.55. The normalized spacial score (nSPS) is 10.8. The van der Waals surface area contributed by atoms with Gasteiger partial charge in [0.15, 0.2) is 5.76 Å². The van der Waals surface area contributed by atoms with Crippen molar-refractivity contribution < 1.29 is 4.42 Å². The van der Waals surface area contributed by atoms with Crippen molar-refractivity contribution in [1.29, 1.82) is 0 Å². The van der Waals surface area contributed by atoms with E-state index < -0.39 is 0 Å². The molecule has 0 aliphatic rings. The average molecular weight is 205 g/mol. The molecule has 0 spiro atoms. The highest BCUT2D eigenvalue weighted by Crippen LogP contribution is 2.21. The molecule has 0 aliphatic heterocycles. The van der Waals surface area contributed by atoms with Crippen LogP contribution in [0.3, 0.4) is 0 Å². The lowest BCUT2D eigenvalue weighted by molar-refractivity contribution is 0.576. The van der Waals surface area contributed by atoms with Gasteiger partial charge >= 0.3 is 0 Å². The second-order valence-electron chi connectivity index (χ2n) is 3.43. The van der Waals surface area contributed by atoms with E-state index in [1.807, 2.05) is 30.1 Å². The van der Waals surface area contributed by atoms with Crippen molar-refractivity contribution in [2.45, 2.75) is 13.5 Å². The highest BCUT2D eigenvalue weighted by molar-refractivity contribution is 5.56. The molecule has 0 aliphatic carbocycles. The third-order valence-corrected chi connectivity index (χ3v) is 2.22. The molecule has 2 aromatic heterocycles. The molecule has 0 radical (unpaired) electrons. The van der Waals surface area contributed by atoms with Crippen molar-refractivity contribution in [2.75, 3.05) is 6.54 Å². The van der Waals surface area contributed by atoms with Crippen LogP contribution in [0.15, 0.2) is 29.0 Å². The van der Waals surface area contributed by atoms with Gasteiger partial charge in [-0.25, -0.2) is 0 Å². The standard InChI is InChI=1S/C11H15N3O/c1-3-12-7-9-8-14(2)13-11(9)10-5-4-6-15-10/h4-6,8,12H,3,7H2,1-2H3. The number of nitrogens with zero attached hydrogens (tertiary/aromatic N) is 2. The predicted molar refractivity (Wildman–Crippen MR) is 58.3 cm³/mol. The first-order chi connectivity index (χ1) is 7.31. The van der Waals surface area contributed by atoms with Crippen LogP contribution in [0, 0.1) is 0 Å². The molecular weight excluding hydrogens is 190 g/mol. The fourth-order valence-electron chi connectivity index (χ4n) is 1.55. The summed E-state index contributed by atoms with van der Waals surface area (Å²) < 4.78 is 7.16. The van der Waals surface area contributed by atoms with Crippen molar-refractivity contribution in [1.82, 2.24) is 15.1 Å². The lowest BCUT2D eigenvalue weighted by atomic mass is 10.2. The quantitative estimate of drug-likeness (QED) is 0.827. The average Bonchev–Trinajstić information content (AvgIpc) is 2.83. The number of nitrogens with one attached hydrogen (secondary N) is 1. The van der Waals surface area contributed by atoms with Gasteiger partial charge in [0.2, 0.25) is 0 Å². The van der Waals surface area contributed by atoms with Crippen molar-refractivity contribution in [3.8, 4) is 11.5 Å². The van der Waals surface area contributed by atoms with Gasteiger partial charge in [0, 0.05) is 25.4 Å². The molecule has 1 N–H and O–H groups in total. The Morgan fingerprint density at radius 3 is 3.07 bits per heavy atom. The molecule has 0 unspecified atom stereocenters. The van der Waals surface area contributed by atoms with Gasteiger partial charge in [-0.15, -0.1) is 0 Å². The van der Waals surface area contributed by atoms with Crippen molar-refractivity contribution in [3.05, 3.63) is 30.2 Å². The molecule has 80 valence electrons.